The molecule has 0 aliphatic rings. The normalized spacial score (nSPS) is 10.7. The molecule has 0 aliphatic carbocycles. The molecule has 0 aliphatic heterocycles. The van der Waals surface area contributed by atoms with Gasteiger partial charge in [-0.25, -0.2) is 4.68 Å². The van der Waals surface area contributed by atoms with E-state index in [0.29, 0.717) is 5.82 Å². The van der Waals surface area contributed by atoms with Crippen LogP contribution >= 0.6 is 15.9 Å². The summed E-state index contributed by atoms with van der Waals surface area (Å²) in [6, 6.07) is 6.10. The van der Waals surface area contributed by atoms with Crippen LogP contribution in [0.5, 0.6) is 0 Å². The van der Waals surface area contributed by atoms with Gasteiger partial charge in [0.25, 0.3) is 0 Å². The molecular weight excluding hydrogens is 268 g/mol. The SMILES string of the molecule is CCc1c(N)nnn1-c1cc(C)ccc1Br. The second-order valence-corrected chi connectivity index (χ2v) is 4.50. The summed E-state index contributed by atoms with van der Waals surface area (Å²) in [5.74, 6) is 0.496. The number of benzene rings is 1. The molecule has 0 amide bonds. The molecule has 2 rings (SSSR count). The second-order valence-electron chi connectivity index (χ2n) is 3.64. The van der Waals surface area contributed by atoms with Crippen molar-refractivity contribution in [3.05, 3.63) is 33.9 Å². The first-order valence-corrected chi connectivity index (χ1v) is 5.89. The van der Waals surface area contributed by atoms with Crippen molar-refractivity contribution in [2.45, 2.75) is 20.3 Å². The van der Waals surface area contributed by atoms with Crippen molar-refractivity contribution in [2.24, 2.45) is 0 Å². The third-order valence-corrected chi connectivity index (χ3v) is 3.13. The first-order valence-electron chi connectivity index (χ1n) is 5.10. The Morgan fingerprint density at radius 3 is 2.88 bits per heavy atom. The number of rotatable bonds is 2. The van der Waals surface area contributed by atoms with Crippen molar-refractivity contribution in [1.82, 2.24) is 15.0 Å². The number of aromatic nitrogens is 3. The van der Waals surface area contributed by atoms with Crippen LogP contribution in [0.1, 0.15) is 18.2 Å². The molecule has 84 valence electrons. The van der Waals surface area contributed by atoms with Crippen LogP contribution in [0.2, 0.25) is 0 Å². The predicted octanol–water partition coefficient (Wildman–Crippen LogP) is 2.48. The monoisotopic (exact) mass is 280 g/mol. The number of halogens is 1. The van der Waals surface area contributed by atoms with Crippen LogP contribution in [-0.4, -0.2) is 15.0 Å². The van der Waals surface area contributed by atoms with Crippen LogP contribution in [-0.2, 0) is 6.42 Å². The highest BCUT2D eigenvalue weighted by atomic mass is 79.9. The Bertz CT molecular complexity index is 519. The summed E-state index contributed by atoms with van der Waals surface area (Å²) in [5, 5.41) is 7.97. The summed E-state index contributed by atoms with van der Waals surface area (Å²) in [6.07, 6.45) is 0.805. The second kappa shape index (κ2) is 4.25. The molecule has 1 heterocycles. The molecule has 0 unspecified atom stereocenters. The van der Waals surface area contributed by atoms with Gasteiger partial charge in [-0.3, -0.25) is 0 Å². The Labute approximate surface area is 103 Å². The molecule has 0 saturated heterocycles. The molecule has 2 aromatic rings. The average molecular weight is 281 g/mol. The van der Waals surface area contributed by atoms with E-state index in [1.54, 1.807) is 4.68 Å². The number of aryl methyl sites for hydroxylation is 1. The van der Waals surface area contributed by atoms with Crippen molar-refractivity contribution in [1.29, 1.82) is 0 Å². The maximum absolute atomic E-state index is 5.77. The van der Waals surface area contributed by atoms with Crippen LogP contribution in [0.25, 0.3) is 5.69 Å². The molecule has 5 heteroatoms. The van der Waals surface area contributed by atoms with Crippen LogP contribution in [0.15, 0.2) is 22.7 Å². The Balaban J connectivity index is 2.62. The van der Waals surface area contributed by atoms with Crippen LogP contribution in [0, 0.1) is 6.92 Å². The Morgan fingerprint density at radius 2 is 2.19 bits per heavy atom. The predicted molar refractivity (Wildman–Crippen MR) is 67.6 cm³/mol. The zero-order valence-corrected chi connectivity index (χ0v) is 10.8. The van der Waals surface area contributed by atoms with E-state index in [-0.39, 0.29) is 0 Å². The Hall–Kier alpha value is -1.36. The fourth-order valence-electron chi connectivity index (χ4n) is 1.62. The molecule has 1 aromatic carbocycles. The summed E-state index contributed by atoms with van der Waals surface area (Å²) >= 11 is 3.51. The van der Waals surface area contributed by atoms with Gasteiger partial charge in [-0.15, -0.1) is 5.10 Å². The minimum Gasteiger partial charge on any atom is -0.381 e. The molecule has 0 saturated carbocycles. The number of nitrogens with two attached hydrogens (primary N) is 1. The highest BCUT2D eigenvalue weighted by Crippen LogP contribution is 2.24. The van der Waals surface area contributed by atoms with E-state index in [2.05, 4.69) is 32.3 Å². The van der Waals surface area contributed by atoms with Crippen molar-refractivity contribution in [3.8, 4) is 5.69 Å². The lowest BCUT2D eigenvalue weighted by molar-refractivity contribution is 0.764. The standard InChI is InChI=1S/C11H13BrN4/c1-3-9-11(13)14-15-16(9)10-6-7(2)4-5-8(10)12/h4-6H,3,13H2,1-2H3. The van der Waals surface area contributed by atoms with E-state index >= 15 is 0 Å². The minimum absolute atomic E-state index is 0.496. The maximum Gasteiger partial charge on any atom is 0.169 e. The van der Waals surface area contributed by atoms with Crippen molar-refractivity contribution in [3.63, 3.8) is 0 Å². The average Bonchev–Trinajstić information content (AvgIpc) is 2.63. The Morgan fingerprint density at radius 1 is 1.44 bits per heavy atom. The molecule has 0 spiro atoms. The lowest BCUT2D eigenvalue weighted by Gasteiger charge is -2.08. The summed E-state index contributed by atoms with van der Waals surface area (Å²) < 4.78 is 2.77. The molecule has 4 nitrogen and oxygen atoms in total. The lowest BCUT2D eigenvalue weighted by Crippen LogP contribution is -2.03. The van der Waals surface area contributed by atoms with Crippen molar-refractivity contribution >= 4 is 21.7 Å². The first kappa shape index (κ1) is 11.1. The smallest absolute Gasteiger partial charge is 0.169 e. The van der Waals surface area contributed by atoms with Gasteiger partial charge < -0.3 is 5.73 Å². The summed E-state index contributed by atoms with van der Waals surface area (Å²) in [4.78, 5) is 0. The fourth-order valence-corrected chi connectivity index (χ4v) is 2.04. The number of hydrogen-bond acceptors (Lipinski definition) is 3. The van der Waals surface area contributed by atoms with Gasteiger partial charge in [0, 0.05) is 4.47 Å². The number of nitrogen functional groups attached to an aromatic ring is 1. The Kier molecular flexibility index (Phi) is 2.96. The molecule has 0 radical (unpaired) electrons. The van der Waals surface area contributed by atoms with E-state index in [0.717, 1.165) is 22.3 Å². The summed E-state index contributed by atoms with van der Waals surface area (Å²) in [5.41, 5.74) is 8.85. The van der Waals surface area contributed by atoms with E-state index in [4.69, 9.17) is 5.73 Å². The molecular formula is C11H13BrN4. The largest absolute Gasteiger partial charge is 0.381 e. The van der Waals surface area contributed by atoms with Gasteiger partial charge in [0.15, 0.2) is 5.82 Å². The lowest BCUT2D eigenvalue weighted by atomic mass is 10.2. The van der Waals surface area contributed by atoms with Gasteiger partial charge in [-0.2, -0.15) is 0 Å². The molecule has 1 aromatic heterocycles. The first-order chi connectivity index (χ1) is 7.63. The zero-order valence-electron chi connectivity index (χ0n) is 9.24. The van der Waals surface area contributed by atoms with Gasteiger partial charge in [0.05, 0.1) is 11.4 Å². The number of nitrogens with zero attached hydrogens (tertiary/aromatic N) is 3. The van der Waals surface area contributed by atoms with Crippen LogP contribution in [0.3, 0.4) is 0 Å². The molecule has 0 fully saturated rings. The highest BCUT2D eigenvalue weighted by molar-refractivity contribution is 9.10. The summed E-state index contributed by atoms with van der Waals surface area (Å²) in [7, 11) is 0. The highest BCUT2D eigenvalue weighted by Gasteiger charge is 2.12. The van der Waals surface area contributed by atoms with Gasteiger partial charge >= 0.3 is 0 Å². The minimum atomic E-state index is 0.496. The molecule has 0 bridgehead atoms. The number of anilines is 1. The quantitative estimate of drug-likeness (QED) is 0.920. The maximum atomic E-state index is 5.77. The van der Waals surface area contributed by atoms with E-state index in [1.807, 2.05) is 26.0 Å². The van der Waals surface area contributed by atoms with Gasteiger partial charge in [0.2, 0.25) is 0 Å². The van der Waals surface area contributed by atoms with Gasteiger partial charge in [0.1, 0.15) is 0 Å². The van der Waals surface area contributed by atoms with Gasteiger partial charge in [-0.1, -0.05) is 18.2 Å². The van der Waals surface area contributed by atoms with E-state index in [1.165, 1.54) is 5.56 Å². The molecule has 16 heavy (non-hydrogen) atoms. The van der Waals surface area contributed by atoms with Crippen molar-refractivity contribution < 1.29 is 0 Å². The van der Waals surface area contributed by atoms with Crippen LogP contribution in [0.4, 0.5) is 5.82 Å². The fraction of sp³-hybridized carbons (Fsp3) is 0.273. The summed E-state index contributed by atoms with van der Waals surface area (Å²) in [6.45, 7) is 4.08. The molecule has 2 N–H and O–H groups in total. The van der Waals surface area contributed by atoms with Crippen molar-refractivity contribution in [2.75, 3.05) is 5.73 Å². The third kappa shape index (κ3) is 1.82. The van der Waals surface area contributed by atoms with E-state index in [9.17, 15) is 0 Å². The number of hydrogen-bond donors (Lipinski definition) is 1. The third-order valence-electron chi connectivity index (χ3n) is 2.46. The molecule has 0 atom stereocenters. The van der Waals surface area contributed by atoms with Gasteiger partial charge in [-0.05, 0) is 47.0 Å². The zero-order chi connectivity index (χ0) is 11.7. The van der Waals surface area contributed by atoms with E-state index < -0.39 is 0 Å². The topological polar surface area (TPSA) is 56.7 Å². The van der Waals surface area contributed by atoms with Crippen LogP contribution < -0.4 is 5.73 Å².